The molecule has 0 saturated carbocycles. The Morgan fingerprint density at radius 2 is 1.60 bits per heavy atom. The predicted octanol–water partition coefficient (Wildman–Crippen LogP) is 2.71. The van der Waals surface area contributed by atoms with Gasteiger partial charge in [-0.05, 0) is 48.6 Å². The first-order chi connectivity index (χ1) is 11.8. The fraction of sp³-hybridized carbons (Fsp3) is 0.316. The number of nitrogens with two attached hydrogens (primary N) is 1. The number of carbonyl (C=O) groups excluding carboxylic acids is 1. The Hall–Kier alpha value is -2.18. The molecule has 0 aromatic heterocycles. The van der Waals surface area contributed by atoms with Crippen molar-refractivity contribution in [1.82, 2.24) is 5.32 Å². The zero-order chi connectivity index (χ0) is 18.4. The number of primary sulfonamides is 1. The topological polar surface area (TPSA) is 89.3 Å². The molecular weight excluding hydrogens is 336 g/mol. The molecule has 0 aliphatic carbocycles. The van der Waals surface area contributed by atoms with Gasteiger partial charge in [-0.15, -0.1) is 0 Å². The van der Waals surface area contributed by atoms with E-state index < -0.39 is 10.0 Å². The summed E-state index contributed by atoms with van der Waals surface area (Å²) in [6.45, 7) is 3.97. The predicted molar refractivity (Wildman–Crippen MR) is 98.5 cm³/mol. The maximum absolute atomic E-state index is 12.1. The van der Waals surface area contributed by atoms with Crippen molar-refractivity contribution < 1.29 is 13.2 Å². The highest BCUT2D eigenvalue weighted by Crippen LogP contribution is 2.16. The summed E-state index contributed by atoms with van der Waals surface area (Å²) < 4.78 is 22.5. The van der Waals surface area contributed by atoms with Crippen molar-refractivity contribution in [1.29, 1.82) is 0 Å². The van der Waals surface area contributed by atoms with Crippen molar-refractivity contribution in [3.63, 3.8) is 0 Å². The second-order valence-electron chi connectivity index (χ2n) is 6.07. The molecule has 0 aliphatic rings. The molecule has 0 aliphatic heterocycles. The lowest BCUT2D eigenvalue weighted by molar-refractivity contribution is -0.121. The van der Waals surface area contributed by atoms with Crippen LogP contribution in [-0.2, 0) is 27.7 Å². The highest BCUT2D eigenvalue weighted by atomic mass is 32.2. The minimum atomic E-state index is -3.70. The van der Waals surface area contributed by atoms with Gasteiger partial charge in [-0.2, -0.15) is 0 Å². The third kappa shape index (κ3) is 5.69. The van der Waals surface area contributed by atoms with Gasteiger partial charge >= 0.3 is 0 Å². The molecule has 1 atom stereocenters. The van der Waals surface area contributed by atoms with Crippen LogP contribution in [0.25, 0.3) is 0 Å². The van der Waals surface area contributed by atoms with E-state index in [1.165, 1.54) is 17.7 Å². The molecule has 5 nitrogen and oxygen atoms in total. The Balaban J connectivity index is 1.88. The van der Waals surface area contributed by atoms with Gasteiger partial charge in [-0.25, -0.2) is 13.6 Å². The van der Waals surface area contributed by atoms with Crippen LogP contribution in [0.1, 0.15) is 43.0 Å². The van der Waals surface area contributed by atoms with E-state index in [1.807, 2.05) is 6.92 Å². The van der Waals surface area contributed by atoms with E-state index in [2.05, 4.69) is 36.5 Å². The minimum absolute atomic E-state index is 0.0393. The first-order valence-corrected chi connectivity index (χ1v) is 9.84. The molecule has 25 heavy (non-hydrogen) atoms. The maximum Gasteiger partial charge on any atom is 0.238 e. The minimum Gasteiger partial charge on any atom is -0.350 e. The van der Waals surface area contributed by atoms with Crippen LogP contribution in [0, 0.1) is 0 Å². The summed E-state index contributed by atoms with van der Waals surface area (Å²) in [5, 5.41) is 8.01. The van der Waals surface area contributed by atoms with Gasteiger partial charge in [-0.1, -0.05) is 43.3 Å². The van der Waals surface area contributed by atoms with Crippen LogP contribution in [0.4, 0.5) is 0 Å². The number of rotatable bonds is 7. The number of hydrogen-bond acceptors (Lipinski definition) is 3. The largest absolute Gasteiger partial charge is 0.350 e. The van der Waals surface area contributed by atoms with Crippen LogP contribution < -0.4 is 10.5 Å². The third-order valence-corrected chi connectivity index (χ3v) is 5.09. The number of benzene rings is 2. The summed E-state index contributed by atoms with van der Waals surface area (Å²) in [6.07, 6.45) is 2.10. The summed E-state index contributed by atoms with van der Waals surface area (Å²) in [5.74, 6) is -0.0393. The SMILES string of the molecule is CCc1ccc(CCC(=O)N[C@@H](C)c2ccc(S(N)(=O)=O)cc2)cc1. The summed E-state index contributed by atoms with van der Waals surface area (Å²) in [6, 6.07) is 14.3. The van der Waals surface area contributed by atoms with Gasteiger partial charge in [-0.3, -0.25) is 4.79 Å². The summed E-state index contributed by atoms with van der Waals surface area (Å²) in [5.41, 5.74) is 3.25. The average molecular weight is 360 g/mol. The van der Waals surface area contributed by atoms with Crippen molar-refractivity contribution in [3.8, 4) is 0 Å². The molecule has 0 saturated heterocycles. The molecule has 0 bridgehead atoms. The summed E-state index contributed by atoms with van der Waals surface area (Å²) in [4.78, 5) is 12.2. The number of amides is 1. The fourth-order valence-corrected chi connectivity index (χ4v) is 3.06. The number of aryl methyl sites for hydroxylation is 2. The summed E-state index contributed by atoms with van der Waals surface area (Å²) >= 11 is 0. The molecule has 2 rings (SSSR count). The molecule has 0 radical (unpaired) electrons. The Bertz CT molecular complexity index is 813. The zero-order valence-corrected chi connectivity index (χ0v) is 15.3. The van der Waals surface area contributed by atoms with E-state index >= 15 is 0 Å². The van der Waals surface area contributed by atoms with Crippen molar-refractivity contribution >= 4 is 15.9 Å². The van der Waals surface area contributed by atoms with E-state index in [0.29, 0.717) is 12.8 Å². The molecule has 0 heterocycles. The van der Waals surface area contributed by atoms with Crippen LogP contribution in [-0.4, -0.2) is 14.3 Å². The van der Waals surface area contributed by atoms with Gasteiger partial charge in [0.15, 0.2) is 0 Å². The molecule has 3 N–H and O–H groups in total. The maximum atomic E-state index is 12.1. The second kappa shape index (κ2) is 8.27. The number of hydrogen-bond donors (Lipinski definition) is 2. The van der Waals surface area contributed by atoms with E-state index in [9.17, 15) is 13.2 Å². The van der Waals surface area contributed by atoms with Gasteiger partial charge < -0.3 is 5.32 Å². The van der Waals surface area contributed by atoms with Crippen LogP contribution >= 0.6 is 0 Å². The highest BCUT2D eigenvalue weighted by Gasteiger charge is 2.12. The van der Waals surface area contributed by atoms with Gasteiger partial charge in [0.05, 0.1) is 10.9 Å². The van der Waals surface area contributed by atoms with Crippen LogP contribution in [0.2, 0.25) is 0 Å². The van der Waals surface area contributed by atoms with Gasteiger partial charge in [0.25, 0.3) is 0 Å². The molecule has 0 unspecified atom stereocenters. The van der Waals surface area contributed by atoms with Crippen molar-refractivity contribution in [2.24, 2.45) is 5.14 Å². The molecule has 6 heteroatoms. The number of carbonyl (C=O) groups is 1. The van der Waals surface area contributed by atoms with E-state index in [-0.39, 0.29) is 16.8 Å². The first kappa shape index (κ1) is 19.1. The third-order valence-electron chi connectivity index (χ3n) is 4.16. The second-order valence-corrected chi connectivity index (χ2v) is 7.63. The van der Waals surface area contributed by atoms with Crippen molar-refractivity contribution in [2.45, 2.75) is 44.0 Å². The molecule has 0 spiro atoms. The Labute approximate surface area is 149 Å². The molecular formula is C19H24N2O3S. The molecule has 2 aromatic carbocycles. The van der Waals surface area contributed by atoms with Gasteiger partial charge in [0.1, 0.15) is 0 Å². The monoisotopic (exact) mass is 360 g/mol. The Kier molecular flexibility index (Phi) is 6.33. The Morgan fingerprint density at radius 1 is 1.04 bits per heavy atom. The van der Waals surface area contributed by atoms with Gasteiger partial charge in [0, 0.05) is 6.42 Å². The molecule has 0 fully saturated rings. The smallest absolute Gasteiger partial charge is 0.238 e. The lowest BCUT2D eigenvalue weighted by Crippen LogP contribution is -2.26. The fourth-order valence-electron chi connectivity index (χ4n) is 2.54. The summed E-state index contributed by atoms with van der Waals surface area (Å²) in [7, 11) is -3.70. The quantitative estimate of drug-likeness (QED) is 0.795. The van der Waals surface area contributed by atoms with Gasteiger partial charge in [0.2, 0.25) is 15.9 Å². The number of sulfonamides is 1. The molecule has 2 aromatic rings. The first-order valence-electron chi connectivity index (χ1n) is 8.29. The van der Waals surface area contributed by atoms with Crippen LogP contribution in [0.3, 0.4) is 0 Å². The van der Waals surface area contributed by atoms with E-state index in [1.54, 1.807) is 12.1 Å². The van der Waals surface area contributed by atoms with Crippen molar-refractivity contribution in [2.75, 3.05) is 0 Å². The normalized spacial score (nSPS) is 12.6. The molecule has 1 amide bonds. The lowest BCUT2D eigenvalue weighted by Gasteiger charge is -2.15. The average Bonchev–Trinajstić information content (AvgIpc) is 2.59. The van der Waals surface area contributed by atoms with Crippen LogP contribution in [0.5, 0.6) is 0 Å². The lowest BCUT2D eigenvalue weighted by atomic mass is 10.1. The van der Waals surface area contributed by atoms with E-state index in [0.717, 1.165) is 17.5 Å². The number of nitrogens with one attached hydrogen (secondary N) is 1. The van der Waals surface area contributed by atoms with Crippen LogP contribution in [0.15, 0.2) is 53.4 Å². The Morgan fingerprint density at radius 3 is 2.12 bits per heavy atom. The van der Waals surface area contributed by atoms with E-state index in [4.69, 9.17) is 5.14 Å². The standard InChI is InChI=1S/C19H24N2O3S/c1-3-15-4-6-16(7-5-15)8-13-19(22)21-14(2)17-9-11-18(12-10-17)25(20,23)24/h4-7,9-12,14H,3,8,13H2,1-2H3,(H,21,22)(H2,20,23,24)/t14-/m0/s1. The molecule has 134 valence electrons. The zero-order valence-electron chi connectivity index (χ0n) is 14.5. The highest BCUT2D eigenvalue weighted by molar-refractivity contribution is 7.89. The van der Waals surface area contributed by atoms with Crippen molar-refractivity contribution in [3.05, 3.63) is 65.2 Å².